The smallest absolute Gasteiger partial charge is 0.251 e. The van der Waals surface area contributed by atoms with Crippen molar-refractivity contribution in [1.82, 2.24) is 5.32 Å². The Kier molecular flexibility index (Phi) is 5.15. The molecule has 2 rings (SSSR count). The van der Waals surface area contributed by atoms with Crippen LogP contribution in [-0.2, 0) is 6.54 Å². The van der Waals surface area contributed by atoms with Crippen LogP contribution in [0.1, 0.15) is 31.2 Å². The van der Waals surface area contributed by atoms with Crippen molar-refractivity contribution in [1.29, 1.82) is 0 Å². The number of thiophene rings is 1. The third-order valence-electron chi connectivity index (χ3n) is 2.88. The molecule has 0 spiro atoms. The molecule has 1 aromatic heterocycles. The summed E-state index contributed by atoms with van der Waals surface area (Å²) < 4.78 is 0. The maximum Gasteiger partial charge on any atom is 0.251 e. The molecule has 3 N–H and O–H groups in total. The van der Waals surface area contributed by atoms with Crippen molar-refractivity contribution in [3.05, 3.63) is 56.8 Å². The lowest BCUT2D eigenvalue weighted by Gasteiger charge is -2.06. The molecule has 0 aliphatic carbocycles. The van der Waals surface area contributed by atoms with Crippen molar-refractivity contribution in [2.75, 3.05) is 6.54 Å². The zero-order valence-electron chi connectivity index (χ0n) is 12.2. The molecule has 0 saturated carbocycles. The van der Waals surface area contributed by atoms with Crippen molar-refractivity contribution < 1.29 is 4.79 Å². The molecule has 2 aromatic rings. The highest BCUT2D eigenvalue weighted by molar-refractivity contribution is 7.12. The quantitative estimate of drug-likeness (QED) is 0.856. The van der Waals surface area contributed by atoms with E-state index < -0.39 is 0 Å². The first-order chi connectivity index (χ1) is 10.1. The number of carbonyl (C=O) groups excluding carboxylic acids is 1. The zero-order valence-corrected chi connectivity index (χ0v) is 13.0. The SMILES string of the molecule is Cc1cc(C)cc(C(=O)NCc2ccc(C#CCN)s2)c1. The van der Waals surface area contributed by atoms with Crippen molar-refractivity contribution in [2.45, 2.75) is 20.4 Å². The van der Waals surface area contributed by atoms with Crippen LogP contribution in [-0.4, -0.2) is 12.5 Å². The molecule has 1 heterocycles. The highest BCUT2D eigenvalue weighted by atomic mass is 32.1. The van der Waals surface area contributed by atoms with E-state index in [1.54, 1.807) is 11.3 Å². The van der Waals surface area contributed by atoms with Gasteiger partial charge in [-0.1, -0.05) is 29.0 Å². The van der Waals surface area contributed by atoms with Crippen molar-refractivity contribution >= 4 is 17.2 Å². The lowest BCUT2D eigenvalue weighted by molar-refractivity contribution is 0.0951. The summed E-state index contributed by atoms with van der Waals surface area (Å²) in [5, 5.41) is 2.94. The van der Waals surface area contributed by atoms with E-state index in [1.165, 1.54) is 0 Å². The van der Waals surface area contributed by atoms with Crippen LogP contribution in [0.4, 0.5) is 0 Å². The minimum atomic E-state index is -0.0511. The van der Waals surface area contributed by atoms with Gasteiger partial charge in [-0.15, -0.1) is 11.3 Å². The molecule has 4 heteroatoms. The van der Waals surface area contributed by atoms with Gasteiger partial charge in [0.15, 0.2) is 0 Å². The fourth-order valence-corrected chi connectivity index (χ4v) is 2.88. The molecule has 0 atom stereocenters. The van der Waals surface area contributed by atoms with Crippen LogP contribution in [0.5, 0.6) is 0 Å². The summed E-state index contributed by atoms with van der Waals surface area (Å²) in [6.45, 7) is 4.86. The minimum absolute atomic E-state index is 0.0511. The molecule has 1 amide bonds. The largest absolute Gasteiger partial charge is 0.347 e. The first kappa shape index (κ1) is 15.3. The number of hydrogen-bond acceptors (Lipinski definition) is 3. The standard InChI is InChI=1S/C17H18N2OS/c1-12-8-13(2)10-14(9-12)17(20)19-11-16-6-5-15(21-16)4-3-7-18/h5-6,8-10H,7,11,18H2,1-2H3,(H,19,20). The Labute approximate surface area is 129 Å². The van der Waals surface area contributed by atoms with Gasteiger partial charge in [0.05, 0.1) is 18.0 Å². The molecular formula is C17H18N2OS. The Morgan fingerprint density at radius 3 is 2.62 bits per heavy atom. The molecule has 108 valence electrons. The number of carbonyl (C=O) groups is 1. The predicted molar refractivity (Wildman–Crippen MR) is 87.3 cm³/mol. The predicted octanol–water partition coefficient (Wildman–Crippen LogP) is 2.61. The minimum Gasteiger partial charge on any atom is -0.347 e. The van der Waals surface area contributed by atoms with Crippen LogP contribution in [0.3, 0.4) is 0 Å². The van der Waals surface area contributed by atoms with Gasteiger partial charge in [0.25, 0.3) is 5.91 Å². The second kappa shape index (κ2) is 7.07. The maximum absolute atomic E-state index is 12.2. The average molecular weight is 298 g/mol. The Hall–Kier alpha value is -2.09. The van der Waals surface area contributed by atoms with Gasteiger partial charge in [-0.3, -0.25) is 4.79 Å². The fourth-order valence-electron chi connectivity index (χ4n) is 2.05. The van der Waals surface area contributed by atoms with E-state index in [1.807, 2.05) is 38.1 Å². The van der Waals surface area contributed by atoms with Crippen molar-refractivity contribution in [3.8, 4) is 11.8 Å². The molecule has 0 bridgehead atoms. The molecule has 0 saturated heterocycles. The Bertz CT molecular complexity index is 687. The summed E-state index contributed by atoms with van der Waals surface area (Å²) in [6, 6.07) is 9.78. The third-order valence-corrected chi connectivity index (χ3v) is 3.88. The van der Waals surface area contributed by atoms with Gasteiger partial charge in [-0.05, 0) is 38.1 Å². The maximum atomic E-state index is 12.2. The number of hydrogen-bond donors (Lipinski definition) is 2. The van der Waals surface area contributed by atoms with Crippen molar-refractivity contribution in [2.24, 2.45) is 5.73 Å². The number of aryl methyl sites for hydroxylation is 2. The zero-order chi connectivity index (χ0) is 15.2. The molecule has 0 fully saturated rings. The van der Waals surface area contributed by atoms with E-state index in [9.17, 15) is 4.79 Å². The van der Waals surface area contributed by atoms with Gasteiger partial charge in [0, 0.05) is 10.4 Å². The number of amides is 1. The number of nitrogens with two attached hydrogens (primary N) is 1. The second-order valence-corrected chi connectivity index (χ2v) is 6.00. The summed E-state index contributed by atoms with van der Waals surface area (Å²) in [5.74, 6) is 5.76. The van der Waals surface area contributed by atoms with E-state index in [0.717, 1.165) is 20.9 Å². The molecule has 1 aromatic carbocycles. The lowest BCUT2D eigenvalue weighted by Crippen LogP contribution is -2.22. The van der Waals surface area contributed by atoms with E-state index in [-0.39, 0.29) is 5.91 Å². The first-order valence-corrected chi connectivity index (χ1v) is 7.54. The summed E-state index contributed by atoms with van der Waals surface area (Å²) in [5.41, 5.74) is 8.23. The summed E-state index contributed by atoms with van der Waals surface area (Å²) in [7, 11) is 0. The first-order valence-electron chi connectivity index (χ1n) is 6.72. The molecular weight excluding hydrogens is 280 g/mol. The van der Waals surface area contributed by atoms with Crippen LogP contribution in [0, 0.1) is 25.7 Å². The highest BCUT2D eigenvalue weighted by Gasteiger charge is 2.07. The average Bonchev–Trinajstić information content (AvgIpc) is 2.89. The summed E-state index contributed by atoms with van der Waals surface area (Å²) in [6.07, 6.45) is 0. The van der Waals surface area contributed by atoms with Crippen LogP contribution < -0.4 is 11.1 Å². The van der Waals surface area contributed by atoms with E-state index >= 15 is 0 Å². The topological polar surface area (TPSA) is 55.1 Å². The molecule has 21 heavy (non-hydrogen) atoms. The molecule has 0 unspecified atom stereocenters. The Morgan fingerprint density at radius 1 is 1.24 bits per heavy atom. The van der Waals surface area contributed by atoms with Gasteiger partial charge < -0.3 is 11.1 Å². The van der Waals surface area contributed by atoms with E-state index in [4.69, 9.17) is 5.73 Å². The van der Waals surface area contributed by atoms with Gasteiger partial charge >= 0.3 is 0 Å². The Morgan fingerprint density at radius 2 is 1.95 bits per heavy atom. The van der Waals surface area contributed by atoms with Gasteiger partial charge in [0.2, 0.25) is 0 Å². The summed E-state index contributed by atoms with van der Waals surface area (Å²) >= 11 is 1.57. The number of rotatable bonds is 3. The Balaban J connectivity index is 1.99. The van der Waals surface area contributed by atoms with Crippen LogP contribution >= 0.6 is 11.3 Å². The van der Waals surface area contributed by atoms with Gasteiger partial charge in [-0.25, -0.2) is 0 Å². The molecule has 0 aliphatic heterocycles. The molecule has 0 radical (unpaired) electrons. The van der Waals surface area contributed by atoms with Crippen molar-refractivity contribution in [3.63, 3.8) is 0 Å². The highest BCUT2D eigenvalue weighted by Crippen LogP contribution is 2.15. The summed E-state index contributed by atoms with van der Waals surface area (Å²) in [4.78, 5) is 14.2. The molecule has 3 nitrogen and oxygen atoms in total. The normalized spacial score (nSPS) is 9.86. The van der Waals surface area contributed by atoms with Crippen LogP contribution in [0.2, 0.25) is 0 Å². The van der Waals surface area contributed by atoms with E-state index in [0.29, 0.717) is 18.7 Å². The van der Waals surface area contributed by atoms with Gasteiger partial charge in [0.1, 0.15) is 0 Å². The lowest BCUT2D eigenvalue weighted by atomic mass is 10.1. The molecule has 0 aliphatic rings. The van der Waals surface area contributed by atoms with Gasteiger partial charge in [-0.2, -0.15) is 0 Å². The second-order valence-electron chi connectivity index (χ2n) is 4.83. The number of nitrogens with one attached hydrogen (secondary N) is 1. The van der Waals surface area contributed by atoms with E-state index in [2.05, 4.69) is 23.2 Å². The fraction of sp³-hybridized carbons (Fsp3) is 0.235. The van der Waals surface area contributed by atoms with Crippen LogP contribution in [0.15, 0.2) is 30.3 Å². The number of benzene rings is 1. The van der Waals surface area contributed by atoms with Crippen LogP contribution in [0.25, 0.3) is 0 Å². The monoisotopic (exact) mass is 298 g/mol. The third kappa shape index (κ3) is 4.45.